The minimum absolute atomic E-state index is 0.129. The Morgan fingerprint density at radius 2 is 1.92 bits per heavy atom. The van der Waals surface area contributed by atoms with Crippen LogP contribution in [0.3, 0.4) is 0 Å². The summed E-state index contributed by atoms with van der Waals surface area (Å²) in [6, 6.07) is 12.5. The van der Waals surface area contributed by atoms with Crippen molar-refractivity contribution < 1.29 is 14.0 Å². The van der Waals surface area contributed by atoms with Crippen LogP contribution in [0.15, 0.2) is 48.5 Å². The average Bonchev–Trinajstić information content (AvgIpc) is 3.06. The van der Waals surface area contributed by atoms with Gasteiger partial charge in [-0.05, 0) is 56.2 Å². The summed E-state index contributed by atoms with van der Waals surface area (Å²) in [4.78, 5) is 26.8. The lowest BCUT2D eigenvalue weighted by Crippen LogP contribution is -2.43. The number of hydrogen-bond donors (Lipinski definition) is 1. The zero-order valence-corrected chi connectivity index (χ0v) is 13.5. The van der Waals surface area contributed by atoms with Gasteiger partial charge in [0.15, 0.2) is 0 Å². The Morgan fingerprint density at radius 1 is 1.17 bits per heavy atom. The summed E-state index contributed by atoms with van der Waals surface area (Å²) in [5, 5.41) is 2.76. The van der Waals surface area contributed by atoms with Crippen molar-refractivity contribution in [2.75, 3.05) is 11.9 Å². The number of likely N-dealkylation sites (tertiary alicyclic amines) is 1. The van der Waals surface area contributed by atoms with Gasteiger partial charge in [-0.2, -0.15) is 0 Å². The molecule has 1 fully saturated rings. The lowest BCUT2D eigenvalue weighted by molar-refractivity contribution is -0.119. The van der Waals surface area contributed by atoms with Crippen molar-refractivity contribution in [1.29, 1.82) is 0 Å². The predicted molar refractivity (Wildman–Crippen MR) is 90.3 cm³/mol. The Kier molecular flexibility index (Phi) is 4.60. The molecule has 2 amide bonds. The van der Waals surface area contributed by atoms with Gasteiger partial charge in [0.05, 0.1) is 0 Å². The van der Waals surface area contributed by atoms with Gasteiger partial charge in [-0.15, -0.1) is 0 Å². The largest absolute Gasteiger partial charge is 0.327 e. The van der Waals surface area contributed by atoms with Crippen LogP contribution < -0.4 is 5.32 Å². The molecule has 24 heavy (non-hydrogen) atoms. The van der Waals surface area contributed by atoms with Crippen molar-refractivity contribution in [2.24, 2.45) is 0 Å². The predicted octanol–water partition coefficient (Wildman–Crippen LogP) is 3.38. The van der Waals surface area contributed by atoms with Gasteiger partial charge >= 0.3 is 0 Å². The van der Waals surface area contributed by atoms with Crippen LogP contribution in [-0.2, 0) is 4.79 Å². The number of carbonyl (C=O) groups is 2. The number of carbonyl (C=O) groups excluding carboxylic acids is 2. The highest BCUT2D eigenvalue weighted by molar-refractivity contribution is 6.01. The molecule has 0 radical (unpaired) electrons. The number of halogens is 1. The molecular formula is C19H19FN2O2. The number of aryl methyl sites for hydroxylation is 1. The summed E-state index contributed by atoms with van der Waals surface area (Å²) in [6.07, 6.45) is 1.42. The monoisotopic (exact) mass is 326 g/mol. The van der Waals surface area contributed by atoms with Crippen molar-refractivity contribution in [3.05, 3.63) is 65.5 Å². The van der Waals surface area contributed by atoms with Gasteiger partial charge in [0.1, 0.15) is 11.9 Å². The van der Waals surface area contributed by atoms with E-state index in [1.165, 1.54) is 24.3 Å². The van der Waals surface area contributed by atoms with E-state index in [1.807, 2.05) is 25.1 Å². The molecule has 1 N–H and O–H groups in total. The summed E-state index contributed by atoms with van der Waals surface area (Å²) in [6.45, 7) is 2.49. The maximum Gasteiger partial charge on any atom is 0.254 e. The van der Waals surface area contributed by atoms with Crippen molar-refractivity contribution in [2.45, 2.75) is 25.8 Å². The minimum Gasteiger partial charge on any atom is -0.327 e. The highest BCUT2D eigenvalue weighted by atomic mass is 19.1. The third kappa shape index (κ3) is 3.45. The molecule has 3 rings (SSSR count). The molecule has 0 aromatic heterocycles. The minimum atomic E-state index is -0.497. The van der Waals surface area contributed by atoms with Crippen LogP contribution in [0.4, 0.5) is 10.1 Å². The molecule has 0 aliphatic carbocycles. The van der Waals surface area contributed by atoms with Crippen molar-refractivity contribution >= 4 is 17.5 Å². The maximum absolute atomic E-state index is 12.9. The number of anilines is 1. The van der Waals surface area contributed by atoms with E-state index in [4.69, 9.17) is 0 Å². The summed E-state index contributed by atoms with van der Waals surface area (Å²) in [5.74, 6) is -0.722. The van der Waals surface area contributed by atoms with Gasteiger partial charge in [0.2, 0.25) is 5.91 Å². The summed E-state index contributed by atoms with van der Waals surface area (Å²) in [5.41, 5.74) is 2.13. The molecule has 1 aliphatic heterocycles. The molecular weight excluding hydrogens is 307 g/mol. The zero-order chi connectivity index (χ0) is 17.1. The summed E-state index contributed by atoms with van der Waals surface area (Å²) in [7, 11) is 0. The van der Waals surface area contributed by atoms with Gasteiger partial charge in [0, 0.05) is 17.8 Å². The van der Waals surface area contributed by atoms with Crippen LogP contribution in [0.25, 0.3) is 0 Å². The molecule has 0 saturated carbocycles. The molecule has 2 aromatic carbocycles. The Labute approximate surface area is 140 Å². The fourth-order valence-corrected chi connectivity index (χ4v) is 2.99. The molecule has 1 saturated heterocycles. The topological polar surface area (TPSA) is 49.4 Å². The van der Waals surface area contributed by atoms with E-state index in [9.17, 15) is 14.0 Å². The lowest BCUT2D eigenvalue weighted by atomic mass is 10.1. The van der Waals surface area contributed by atoms with Gasteiger partial charge in [-0.25, -0.2) is 4.39 Å². The molecule has 1 unspecified atom stereocenters. The van der Waals surface area contributed by atoms with Crippen LogP contribution in [0.5, 0.6) is 0 Å². The molecule has 5 heteroatoms. The molecule has 0 spiro atoms. The highest BCUT2D eigenvalue weighted by Gasteiger charge is 2.34. The molecule has 2 aromatic rings. The fraction of sp³-hybridized carbons (Fsp3) is 0.263. The van der Waals surface area contributed by atoms with Crippen molar-refractivity contribution in [1.82, 2.24) is 4.90 Å². The number of benzene rings is 2. The lowest BCUT2D eigenvalue weighted by Gasteiger charge is -2.24. The maximum atomic E-state index is 12.9. The molecule has 124 valence electrons. The first kappa shape index (κ1) is 16.2. The van der Waals surface area contributed by atoms with E-state index >= 15 is 0 Å². The van der Waals surface area contributed by atoms with Crippen LogP contribution >= 0.6 is 0 Å². The van der Waals surface area contributed by atoms with E-state index in [1.54, 1.807) is 11.0 Å². The fourth-order valence-electron chi connectivity index (χ4n) is 2.99. The number of nitrogens with zero attached hydrogens (tertiary/aromatic N) is 1. The van der Waals surface area contributed by atoms with E-state index < -0.39 is 6.04 Å². The second kappa shape index (κ2) is 6.83. The zero-order valence-electron chi connectivity index (χ0n) is 13.5. The quantitative estimate of drug-likeness (QED) is 0.940. The van der Waals surface area contributed by atoms with E-state index in [2.05, 4.69) is 5.32 Å². The van der Waals surface area contributed by atoms with Gasteiger partial charge in [-0.3, -0.25) is 9.59 Å². The number of nitrogens with one attached hydrogen (secondary N) is 1. The normalized spacial score (nSPS) is 16.9. The molecule has 1 aliphatic rings. The van der Waals surface area contributed by atoms with Gasteiger partial charge < -0.3 is 10.2 Å². The van der Waals surface area contributed by atoms with Crippen LogP contribution in [-0.4, -0.2) is 29.3 Å². The SMILES string of the molecule is Cc1cccc(C(=O)N2CCCC2C(=O)Nc2ccc(F)cc2)c1. The first-order chi connectivity index (χ1) is 11.5. The third-order valence-electron chi connectivity index (χ3n) is 4.19. The van der Waals surface area contributed by atoms with Crippen molar-refractivity contribution in [3.8, 4) is 0 Å². The molecule has 4 nitrogen and oxygen atoms in total. The second-order valence-corrected chi connectivity index (χ2v) is 6.02. The van der Waals surface area contributed by atoms with Crippen LogP contribution in [0.1, 0.15) is 28.8 Å². The Bertz CT molecular complexity index is 758. The van der Waals surface area contributed by atoms with Crippen LogP contribution in [0, 0.1) is 12.7 Å². The van der Waals surface area contributed by atoms with E-state index in [-0.39, 0.29) is 17.6 Å². The van der Waals surface area contributed by atoms with Gasteiger partial charge in [0.25, 0.3) is 5.91 Å². The second-order valence-electron chi connectivity index (χ2n) is 6.02. The molecule has 0 bridgehead atoms. The summed E-state index contributed by atoms with van der Waals surface area (Å²) < 4.78 is 12.9. The standard InChI is InChI=1S/C19H19FN2O2/c1-13-4-2-5-14(12-13)19(24)22-11-3-6-17(22)18(23)21-16-9-7-15(20)8-10-16/h2,4-5,7-10,12,17H,3,6,11H2,1H3,(H,21,23). The first-order valence-corrected chi connectivity index (χ1v) is 7.98. The number of rotatable bonds is 3. The first-order valence-electron chi connectivity index (χ1n) is 7.98. The van der Waals surface area contributed by atoms with Crippen LogP contribution in [0.2, 0.25) is 0 Å². The Hall–Kier alpha value is -2.69. The molecule has 1 heterocycles. The smallest absolute Gasteiger partial charge is 0.254 e. The van der Waals surface area contributed by atoms with E-state index in [0.717, 1.165) is 12.0 Å². The highest BCUT2D eigenvalue weighted by Crippen LogP contribution is 2.22. The number of amides is 2. The Balaban J connectivity index is 1.73. The number of hydrogen-bond acceptors (Lipinski definition) is 2. The van der Waals surface area contributed by atoms with E-state index in [0.29, 0.717) is 24.2 Å². The molecule has 1 atom stereocenters. The average molecular weight is 326 g/mol. The summed E-state index contributed by atoms with van der Waals surface area (Å²) >= 11 is 0. The van der Waals surface area contributed by atoms with Gasteiger partial charge in [-0.1, -0.05) is 17.7 Å². The van der Waals surface area contributed by atoms with Crippen molar-refractivity contribution in [3.63, 3.8) is 0 Å². The third-order valence-corrected chi connectivity index (χ3v) is 4.19. The Morgan fingerprint density at radius 3 is 2.62 bits per heavy atom.